The van der Waals surface area contributed by atoms with E-state index in [1.54, 1.807) is 37.3 Å². The van der Waals surface area contributed by atoms with Gasteiger partial charge in [0.1, 0.15) is 11.5 Å². The monoisotopic (exact) mass is 406 g/mol. The summed E-state index contributed by atoms with van der Waals surface area (Å²) in [5.41, 5.74) is 1.39. The second kappa shape index (κ2) is 8.22. The van der Waals surface area contributed by atoms with Gasteiger partial charge in [0.2, 0.25) is 11.8 Å². The standard InChI is InChI=1S/C24H26N2O4/c1-29-18-11-12-20(30-2)19(16-18)25-23(28)24-14-7-6-10-21(24)26(22(27)13-15-24)17-8-4-3-5-9-17/h3-5,8-12,16H,6-7,13-15H2,1-2H3,(H,25,28). The molecule has 2 aromatic rings. The van der Waals surface area contributed by atoms with Gasteiger partial charge in [-0.3, -0.25) is 14.5 Å². The Balaban J connectivity index is 1.72. The molecule has 1 saturated heterocycles. The second-order valence-electron chi connectivity index (χ2n) is 7.65. The molecule has 0 saturated carbocycles. The lowest BCUT2D eigenvalue weighted by atomic mass is 9.69. The maximum absolute atomic E-state index is 13.7. The zero-order chi connectivity index (χ0) is 21.1. The van der Waals surface area contributed by atoms with Crippen LogP contribution in [-0.4, -0.2) is 26.0 Å². The number of amides is 2. The highest BCUT2D eigenvalue weighted by Crippen LogP contribution is 2.49. The Hall–Kier alpha value is -3.28. The fourth-order valence-corrected chi connectivity index (χ4v) is 4.45. The van der Waals surface area contributed by atoms with Gasteiger partial charge in [0.25, 0.3) is 0 Å². The van der Waals surface area contributed by atoms with Crippen LogP contribution < -0.4 is 19.7 Å². The lowest BCUT2D eigenvalue weighted by Crippen LogP contribution is -2.51. The Morgan fingerprint density at radius 1 is 1.07 bits per heavy atom. The fourth-order valence-electron chi connectivity index (χ4n) is 4.45. The highest BCUT2D eigenvalue weighted by molar-refractivity contribution is 6.06. The van der Waals surface area contributed by atoms with Gasteiger partial charge in [0.05, 0.1) is 25.3 Å². The van der Waals surface area contributed by atoms with Gasteiger partial charge in [-0.15, -0.1) is 0 Å². The number of allylic oxidation sites excluding steroid dienone is 1. The van der Waals surface area contributed by atoms with Crippen molar-refractivity contribution in [3.63, 3.8) is 0 Å². The van der Waals surface area contributed by atoms with E-state index in [1.165, 1.54) is 0 Å². The van der Waals surface area contributed by atoms with E-state index in [4.69, 9.17) is 9.47 Å². The van der Waals surface area contributed by atoms with Gasteiger partial charge in [-0.2, -0.15) is 0 Å². The molecular weight excluding hydrogens is 380 g/mol. The van der Waals surface area contributed by atoms with Crippen molar-refractivity contribution in [2.45, 2.75) is 32.1 Å². The molecule has 1 fully saturated rings. The van der Waals surface area contributed by atoms with Crippen molar-refractivity contribution >= 4 is 23.2 Å². The largest absolute Gasteiger partial charge is 0.497 e. The predicted octanol–water partition coefficient (Wildman–Crippen LogP) is 4.52. The van der Waals surface area contributed by atoms with Crippen molar-refractivity contribution in [1.29, 1.82) is 0 Å². The molecule has 156 valence electrons. The second-order valence-corrected chi connectivity index (χ2v) is 7.65. The van der Waals surface area contributed by atoms with Gasteiger partial charge >= 0.3 is 0 Å². The number of carbonyl (C=O) groups excluding carboxylic acids is 2. The first-order valence-corrected chi connectivity index (χ1v) is 10.2. The third-order valence-electron chi connectivity index (χ3n) is 6.00. The average molecular weight is 406 g/mol. The lowest BCUT2D eigenvalue weighted by Gasteiger charge is -2.45. The van der Waals surface area contributed by atoms with Crippen LogP contribution in [0.5, 0.6) is 11.5 Å². The normalized spacial score (nSPS) is 20.8. The Labute approximate surface area is 176 Å². The molecular formula is C24H26N2O4. The minimum Gasteiger partial charge on any atom is -0.497 e. The fraction of sp³-hybridized carbons (Fsp3) is 0.333. The maximum Gasteiger partial charge on any atom is 0.236 e. The number of hydrogen-bond donors (Lipinski definition) is 1. The maximum atomic E-state index is 13.7. The number of carbonyl (C=O) groups is 2. The van der Waals surface area contributed by atoms with Crippen LogP contribution in [0.1, 0.15) is 32.1 Å². The zero-order valence-corrected chi connectivity index (χ0v) is 17.3. The molecule has 4 rings (SSSR count). The summed E-state index contributed by atoms with van der Waals surface area (Å²) in [5.74, 6) is 1.10. The Bertz CT molecular complexity index is 986. The molecule has 1 aliphatic carbocycles. The smallest absolute Gasteiger partial charge is 0.236 e. The van der Waals surface area contributed by atoms with Gasteiger partial charge in [-0.1, -0.05) is 24.3 Å². The number of nitrogens with zero attached hydrogens (tertiary/aromatic N) is 1. The predicted molar refractivity (Wildman–Crippen MR) is 116 cm³/mol. The number of nitrogens with one attached hydrogen (secondary N) is 1. The van der Waals surface area contributed by atoms with Crippen LogP contribution in [0.3, 0.4) is 0 Å². The van der Waals surface area contributed by atoms with Crippen molar-refractivity contribution in [3.8, 4) is 11.5 Å². The van der Waals surface area contributed by atoms with E-state index in [0.29, 0.717) is 36.4 Å². The number of anilines is 2. The van der Waals surface area contributed by atoms with Crippen molar-refractivity contribution in [2.24, 2.45) is 5.41 Å². The molecule has 30 heavy (non-hydrogen) atoms. The molecule has 0 spiro atoms. The Morgan fingerprint density at radius 3 is 2.60 bits per heavy atom. The molecule has 0 bridgehead atoms. The molecule has 1 N–H and O–H groups in total. The van der Waals surface area contributed by atoms with Crippen LogP contribution in [0, 0.1) is 5.41 Å². The summed E-state index contributed by atoms with van der Waals surface area (Å²) in [5, 5.41) is 3.06. The number of hydrogen-bond acceptors (Lipinski definition) is 4. The van der Waals surface area contributed by atoms with E-state index >= 15 is 0 Å². The van der Waals surface area contributed by atoms with E-state index in [2.05, 4.69) is 11.4 Å². The molecule has 0 radical (unpaired) electrons. The van der Waals surface area contributed by atoms with E-state index in [9.17, 15) is 9.59 Å². The number of rotatable bonds is 5. The molecule has 1 atom stereocenters. The first-order chi connectivity index (χ1) is 14.6. The third-order valence-corrected chi connectivity index (χ3v) is 6.00. The van der Waals surface area contributed by atoms with Crippen molar-refractivity contribution < 1.29 is 19.1 Å². The summed E-state index contributed by atoms with van der Waals surface area (Å²) >= 11 is 0. The zero-order valence-electron chi connectivity index (χ0n) is 17.3. The molecule has 2 aliphatic rings. The first-order valence-electron chi connectivity index (χ1n) is 10.2. The van der Waals surface area contributed by atoms with Gasteiger partial charge in [0, 0.05) is 23.9 Å². The topological polar surface area (TPSA) is 67.9 Å². The first kappa shape index (κ1) is 20.0. The SMILES string of the molecule is COc1ccc(OC)c(NC(=O)C23CCCC=C2N(c2ccccc2)C(=O)CC3)c1. The third kappa shape index (κ3) is 3.43. The van der Waals surface area contributed by atoms with E-state index in [-0.39, 0.29) is 11.8 Å². The van der Waals surface area contributed by atoms with Crippen LogP contribution >= 0.6 is 0 Å². The van der Waals surface area contributed by atoms with Crippen molar-refractivity contribution in [3.05, 3.63) is 60.3 Å². The summed E-state index contributed by atoms with van der Waals surface area (Å²) in [7, 11) is 3.15. The highest BCUT2D eigenvalue weighted by Gasteiger charge is 2.50. The Kier molecular flexibility index (Phi) is 5.48. The molecule has 1 unspecified atom stereocenters. The number of methoxy groups -OCH3 is 2. The molecule has 1 aliphatic heterocycles. The summed E-state index contributed by atoms with van der Waals surface area (Å²) in [6, 6.07) is 14.9. The van der Waals surface area contributed by atoms with Crippen molar-refractivity contribution in [2.75, 3.05) is 24.4 Å². The molecule has 2 aromatic carbocycles. The average Bonchev–Trinajstić information content (AvgIpc) is 2.79. The minimum atomic E-state index is -0.754. The number of para-hydroxylation sites is 1. The number of ether oxygens (including phenoxy) is 2. The summed E-state index contributed by atoms with van der Waals surface area (Å²) in [6.07, 6.45) is 5.34. The molecule has 6 nitrogen and oxygen atoms in total. The van der Waals surface area contributed by atoms with Gasteiger partial charge < -0.3 is 14.8 Å². The summed E-state index contributed by atoms with van der Waals surface area (Å²) in [6.45, 7) is 0. The van der Waals surface area contributed by atoms with E-state index in [1.807, 2.05) is 30.3 Å². The number of benzene rings is 2. The summed E-state index contributed by atoms with van der Waals surface area (Å²) in [4.78, 5) is 28.3. The highest BCUT2D eigenvalue weighted by atomic mass is 16.5. The van der Waals surface area contributed by atoms with Gasteiger partial charge in [0.15, 0.2) is 0 Å². The molecule has 2 amide bonds. The van der Waals surface area contributed by atoms with E-state index in [0.717, 1.165) is 24.2 Å². The Morgan fingerprint density at radius 2 is 1.87 bits per heavy atom. The van der Waals surface area contributed by atoms with Crippen LogP contribution in [0.2, 0.25) is 0 Å². The quantitative estimate of drug-likeness (QED) is 0.793. The molecule has 0 aromatic heterocycles. The van der Waals surface area contributed by atoms with Crippen LogP contribution in [-0.2, 0) is 9.59 Å². The molecule has 6 heteroatoms. The van der Waals surface area contributed by atoms with Gasteiger partial charge in [-0.05, 0) is 49.9 Å². The minimum absolute atomic E-state index is 0.0248. The number of fused-ring (bicyclic) bond motifs is 1. The van der Waals surface area contributed by atoms with Gasteiger partial charge in [-0.25, -0.2) is 0 Å². The lowest BCUT2D eigenvalue weighted by molar-refractivity contribution is -0.128. The molecule has 1 heterocycles. The van der Waals surface area contributed by atoms with Crippen LogP contribution in [0.25, 0.3) is 0 Å². The van der Waals surface area contributed by atoms with Crippen LogP contribution in [0.4, 0.5) is 11.4 Å². The number of piperidine rings is 1. The van der Waals surface area contributed by atoms with E-state index < -0.39 is 5.41 Å². The van der Waals surface area contributed by atoms with Crippen LogP contribution in [0.15, 0.2) is 60.3 Å². The van der Waals surface area contributed by atoms with Crippen molar-refractivity contribution in [1.82, 2.24) is 0 Å². The summed E-state index contributed by atoms with van der Waals surface area (Å²) < 4.78 is 10.7.